The molecule has 0 aliphatic rings. The van der Waals surface area contributed by atoms with Crippen molar-refractivity contribution < 1.29 is 4.39 Å². The summed E-state index contributed by atoms with van der Waals surface area (Å²) in [6.45, 7) is 1.95. The Hall–Kier alpha value is -1.75. The van der Waals surface area contributed by atoms with Crippen LogP contribution in [0.5, 0.6) is 0 Å². The SMILES string of the molecule is Cc1cnc2nc(-c3ccc(Br)cc3F)[nH]c2c1. The minimum Gasteiger partial charge on any atom is -0.336 e. The summed E-state index contributed by atoms with van der Waals surface area (Å²) in [6.07, 6.45) is 1.74. The van der Waals surface area contributed by atoms with Crippen LogP contribution in [0.15, 0.2) is 34.9 Å². The van der Waals surface area contributed by atoms with Crippen LogP contribution in [-0.4, -0.2) is 15.0 Å². The van der Waals surface area contributed by atoms with Crippen LogP contribution in [0.3, 0.4) is 0 Å². The molecule has 3 nitrogen and oxygen atoms in total. The minimum absolute atomic E-state index is 0.319. The summed E-state index contributed by atoms with van der Waals surface area (Å²) in [5.41, 5.74) is 2.88. The normalized spacial score (nSPS) is 11.1. The van der Waals surface area contributed by atoms with Gasteiger partial charge in [-0.1, -0.05) is 15.9 Å². The molecule has 1 N–H and O–H groups in total. The number of rotatable bonds is 1. The number of aromatic amines is 1. The van der Waals surface area contributed by atoms with Gasteiger partial charge in [-0.2, -0.15) is 0 Å². The number of hydrogen-bond donors (Lipinski definition) is 1. The average molecular weight is 306 g/mol. The molecular weight excluding hydrogens is 297 g/mol. The van der Waals surface area contributed by atoms with Gasteiger partial charge in [-0.05, 0) is 36.8 Å². The Morgan fingerprint density at radius 3 is 2.89 bits per heavy atom. The van der Waals surface area contributed by atoms with E-state index in [1.54, 1.807) is 18.3 Å². The quantitative estimate of drug-likeness (QED) is 0.742. The monoisotopic (exact) mass is 305 g/mol. The Kier molecular flexibility index (Phi) is 2.63. The summed E-state index contributed by atoms with van der Waals surface area (Å²) in [4.78, 5) is 11.6. The molecule has 0 bridgehead atoms. The smallest absolute Gasteiger partial charge is 0.178 e. The Balaban J connectivity index is 2.19. The highest BCUT2D eigenvalue weighted by Crippen LogP contribution is 2.25. The third-order valence-corrected chi connectivity index (χ3v) is 3.15. The van der Waals surface area contributed by atoms with Crippen molar-refractivity contribution in [1.82, 2.24) is 15.0 Å². The Morgan fingerprint density at radius 1 is 1.28 bits per heavy atom. The average Bonchev–Trinajstić information content (AvgIpc) is 2.71. The molecule has 0 aliphatic carbocycles. The summed E-state index contributed by atoms with van der Waals surface area (Å²) < 4.78 is 14.5. The van der Waals surface area contributed by atoms with Gasteiger partial charge in [-0.25, -0.2) is 14.4 Å². The first-order valence-corrected chi connectivity index (χ1v) is 6.20. The van der Waals surface area contributed by atoms with Crippen LogP contribution in [-0.2, 0) is 0 Å². The molecule has 3 rings (SSSR count). The molecule has 1 aromatic carbocycles. The highest BCUT2D eigenvalue weighted by Gasteiger charge is 2.11. The molecule has 5 heteroatoms. The zero-order valence-electron chi connectivity index (χ0n) is 9.54. The number of H-pyrrole nitrogens is 1. The van der Waals surface area contributed by atoms with Crippen LogP contribution in [0.4, 0.5) is 4.39 Å². The zero-order chi connectivity index (χ0) is 12.7. The maximum atomic E-state index is 13.8. The topological polar surface area (TPSA) is 41.6 Å². The highest BCUT2D eigenvalue weighted by molar-refractivity contribution is 9.10. The molecule has 2 heterocycles. The maximum Gasteiger partial charge on any atom is 0.178 e. The van der Waals surface area contributed by atoms with Crippen molar-refractivity contribution in [3.05, 3.63) is 46.3 Å². The third kappa shape index (κ3) is 1.90. The Bertz CT molecular complexity index is 736. The molecule has 0 aliphatic heterocycles. The first kappa shape index (κ1) is 11.3. The summed E-state index contributed by atoms with van der Waals surface area (Å²) in [5, 5.41) is 0. The number of nitrogens with zero attached hydrogens (tertiary/aromatic N) is 2. The molecule has 0 fully saturated rings. The molecule has 0 spiro atoms. The summed E-state index contributed by atoms with van der Waals surface area (Å²) in [5.74, 6) is 0.174. The second-order valence-electron chi connectivity index (χ2n) is 4.09. The Morgan fingerprint density at radius 2 is 2.11 bits per heavy atom. The number of imidazole rings is 1. The molecule has 2 aromatic heterocycles. The summed E-state index contributed by atoms with van der Waals surface area (Å²) >= 11 is 3.23. The minimum atomic E-state index is -0.319. The molecule has 0 unspecified atom stereocenters. The van der Waals surface area contributed by atoms with E-state index in [-0.39, 0.29) is 5.82 Å². The van der Waals surface area contributed by atoms with Crippen molar-refractivity contribution in [3.63, 3.8) is 0 Å². The fourth-order valence-electron chi connectivity index (χ4n) is 1.81. The predicted octanol–water partition coefficient (Wildman–Crippen LogP) is 3.83. The highest BCUT2D eigenvalue weighted by atomic mass is 79.9. The summed E-state index contributed by atoms with van der Waals surface area (Å²) in [7, 11) is 0. The van der Waals surface area contributed by atoms with Gasteiger partial charge >= 0.3 is 0 Å². The lowest BCUT2D eigenvalue weighted by atomic mass is 10.2. The van der Waals surface area contributed by atoms with Gasteiger partial charge in [-0.3, -0.25) is 0 Å². The molecule has 0 amide bonds. The van der Waals surface area contributed by atoms with Gasteiger partial charge in [0.1, 0.15) is 11.6 Å². The van der Waals surface area contributed by atoms with Crippen LogP contribution in [0.1, 0.15) is 5.56 Å². The van der Waals surface area contributed by atoms with Gasteiger partial charge in [0.2, 0.25) is 0 Å². The van der Waals surface area contributed by atoms with Gasteiger partial charge in [0.25, 0.3) is 0 Å². The van der Waals surface area contributed by atoms with Crippen molar-refractivity contribution >= 4 is 27.1 Å². The van der Waals surface area contributed by atoms with Crippen LogP contribution < -0.4 is 0 Å². The molecule has 0 atom stereocenters. The largest absolute Gasteiger partial charge is 0.336 e. The fraction of sp³-hybridized carbons (Fsp3) is 0.0769. The number of benzene rings is 1. The molecular formula is C13H9BrFN3. The van der Waals surface area contributed by atoms with Gasteiger partial charge in [0.05, 0.1) is 11.1 Å². The number of pyridine rings is 1. The molecule has 90 valence electrons. The van der Waals surface area contributed by atoms with Gasteiger partial charge in [0.15, 0.2) is 5.65 Å². The van der Waals surface area contributed by atoms with Crippen molar-refractivity contribution in [3.8, 4) is 11.4 Å². The zero-order valence-corrected chi connectivity index (χ0v) is 11.1. The second kappa shape index (κ2) is 4.17. The Labute approximate surface area is 111 Å². The number of nitrogens with one attached hydrogen (secondary N) is 1. The first-order valence-electron chi connectivity index (χ1n) is 5.41. The molecule has 0 saturated heterocycles. The standard InChI is InChI=1S/C13H9BrFN3/c1-7-4-11-13(16-6-7)18-12(17-11)9-3-2-8(14)5-10(9)15/h2-6H,1H3,(H,16,17,18). The molecule has 0 radical (unpaired) electrons. The molecule has 3 aromatic rings. The van der Waals surface area contributed by atoms with E-state index < -0.39 is 0 Å². The van der Waals surface area contributed by atoms with Crippen molar-refractivity contribution in [2.24, 2.45) is 0 Å². The number of fused-ring (bicyclic) bond motifs is 1. The van der Waals surface area contributed by atoms with E-state index in [1.165, 1.54) is 6.07 Å². The van der Waals surface area contributed by atoms with Crippen LogP contribution >= 0.6 is 15.9 Å². The number of hydrogen-bond acceptors (Lipinski definition) is 2. The van der Waals surface area contributed by atoms with Gasteiger partial charge < -0.3 is 4.98 Å². The third-order valence-electron chi connectivity index (χ3n) is 2.66. The fourth-order valence-corrected chi connectivity index (χ4v) is 2.15. The second-order valence-corrected chi connectivity index (χ2v) is 5.01. The van der Waals surface area contributed by atoms with Crippen molar-refractivity contribution in [2.75, 3.05) is 0 Å². The van der Waals surface area contributed by atoms with Crippen molar-refractivity contribution in [1.29, 1.82) is 0 Å². The lowest BCUT2D eigenvalue weighted by Gasteiger charge is -1.99. The van der Waals surface area contributed by atoms with E-state index in [1.807, 2.05) is 13.0 Å². The van der Waals surface area contributed by atoms with Crippen LogP contribution in [0.2, 0.25) is 0 Å². The molecule has 0 saturated carbocycles. The lowest BCUT2D eigenvalue weighted by Crippen LogP contribution is -1.86. The van der Waals surface area contributed by atoms with E-state index in [4.69, 9.17) is 0 Å². The number of aromatic nitrogens is 3. The predicted molar refractivity (Wildman–Crippen MR) is 71.7 cm³/mol. The van der Waals surface area contributed by atoms with E-state index in [2.05, 4.69) is 30.9 Å². The molecule has 18 heavy (non-hydrogen) atoms. The van der Waals surface area contributed by atoms with Gasteiger partial charge in [0, 0.05) is 10.7 Å². The number of halogens is 2. The lowest BCUT2D eigenvalue weighted by molar-refractivity contribution is 0.629. The summed E-state index contributed by atoms with van der Waals surface area (Å²) in [6, 6.07) is 6.82. The van der Waals surface area contributed by atoms with E-state index in [0.29, 0.717) is 21.5 Å². The van der Waals surface area contributed by atoms with Crippen LogP contribution in [0.25, 0.3) is 22.6 Å². The first-order chi connectivity index (χ1) is 8.63. The number of aryl methyl sites for hydroxylation is 1. The van der Waals surface area contributed by atoms with Crippen molar-refractivity contribution in [2.45, 2.75) is 6.92 Å². The van der Waals surface area contributed by atoms with E-state index >= 15 is 0 Å². The van der Waals surface area contributed by atoms with Gasteiger partial charge in [-0.15, -0.1) is 0 Å². The van der Waals surface area contributed by atoms with Crippen LogP contribution in [0, 0.1) is 12.7 Å². The van der Waals surface area contributed by atoms with E-state index in [9.17, 15) is 4.39 Å². The maximum absolute atomic E-state index is 13.8. The van der Waals surface area contributed by atoms with E-state index in [0.717, 1.165) is 11.1 Å².